The minimum absolute atomic E-state index is 0.0353. The fraction of sp³-hybridized carbons (Fsp3) is 0.318. The summed E-state index contributed by atoms with van der Waals surface area (Å²) < 4.78 is 10.7. The van der Waals surface area contributed by atoms with Crippen LogP contribution in [0.4, 0.5) is 0 Å². The molecule has 1 aliphatic rings. The van der Waals surface area contributed by atoms with Crippen molar-refractivity contribution in [1.29, 1.82) is 0 Å². The number of ether oxygens (including phenoxy) is 1. The summed E-state index contributed by atoms with van der Waals surface area (Å²) in [6.45, 7) is 0.722. The fourth-order valence-electron chi connectivity index (χ4n) is 4.11. The summed E-state index contributed by atoms with van der Waals surface area (Å²) in [6.07, 6.45) is 3.17. The molecule has 0 aliphatic carbocycles. The molecule has 1 atom stereocenters. The van der Waals surface area contributed by atoms with Crippen LogP contribution in [0.25, 0.3) is 22.0 Å². The third-order valence-electron chi connectivity index (χ3n) is 5.62. The van der Waals surface area contributed by atoms with E-state index >= 15 is 0 Å². The highest BCUT2D eigenvalue weighted by molar-refractivity contribution is 5.87. The van der Waals surface area contributed by atoms with Gasteiger partial charge < -0.3 is 19.1 Å². The van der Waals surface area contributed by atoms with E-state index in [2.05, 4.69) is 10.1 Å². The number of fused-ring (bicyclic) bond motifs is 2. The Morgan fingerprint density at radius 2 is 2.17 bits per heavy atom. The van der Waals surface area contributed by atoms with Crippen molar-refractivity contribution in [2.45, 2.75) is 31.7 Å². The van der Waals surface area contributed by atoms with Gasteiger partial charge in [0.2, 0.25) is 5.91 Å². The van der Waals surface area contributed by atoms with Gasteiger partial charge in [-0.2, -0.15) is 0 Å². The van der Waals surface area contributed by atoms with Crippen molar-refractivity contribution in [3.05, 3.63) is 54.0 Å². The number of hydrogen-bond acceptors (Lipinski definition) is 5. The molecule has 5 rings (SSSR count). The number of amides is 1. The number of carbonyl (C=O) groups is 1. The van der Waals surface area contributed by atoms with Crippen LogP contribution in [0.3, 0.4) is 0 Å². The Kier molecular flexibility index (Phi) is 4.42. The maximum absolute atomic E-state index is 13.2. The lowest BCUT2D eigenvalue weighted by Gasteiger charge is -2.34. The van der Waals surface area contributed by atoms with E-state index in [1.54, 1.807) is 7.11 Å². The van der Waals surface area contributed by atoms with E-state index in [1.165, 1.54) is 0 Å². The molecule has 1 N–H and O–H groups in total. The maximum atomic E-state index is 13.2. The van der Waals surface area contributed by atoms with Crippen molar-refractivity contribution in [2.24, 2.45) is 0 Å². The van der Waals surface area contributed by atoms with Gasteiger partial charge in [0.25, 0.3) is 0 Å². The Morgan fingerprint density at radius 1 is 1.28 bits per heavy atom. The van der Waals surface area contributed by atoms with Crippen LogP contribution in [0.15, 0.2) is 47.0 Å². The zero-order valence-electron chi connectivity index (χ0n) is 16.2. The molecule has 0 bridgehead atoms. The second-order valence-corrected chi connectivity index (χ2v) is 7.41. The summed E-state index contributed by atoms with van der Waals surface area (Å²) in [5.74, 6) is 1.60. The molecule has 0 saturated carbocycles. The number of nitrogens with zero attached hydrogens (tertiary/aromatic N) is 3. The molecule has 1 fully saturated rings. The van der Waals surface area contributed by atoms with Gasteiger partial charge in [0.1, 0.15) is 17.3 Å². The molecule has 7 heteroatoms. The molecule has 1 unspecified atom stereocenters. The normalized spacial score (nSPS) is 17.1. The number of aromatic nitrogens is 3. The molecular formula is C22H22N4O3. The number of imidazole rings is 1. The number of piperidine rings is 1. The van der Waals surface area contributed by atoms with Gasteiger partial charge in [-0.15, -0.1) is 0 Å². The van der Waals surface area contributed by atoms with Crippen molar-refractivity contribution in [2.75, 3.05) is 13.7 Å². The first kappa shape index (κ1) is 17.7. The molecule has 0 radical (unpaired) electrons. The number of para-hydroxylation sites is 2. The predicted molar refractivity (Wildman–Crippen MR) is 109 cm³/mol. The van der Waals surface area contributed by atoms with Gasteiger partial charge in [0.15, 0.2) is 5.58 Å². The van der Waals surface area contributed by atoms with Gasteiger partial charge in [0.05, 0.1) is 30.6 Å². The largest absolute Gasteiger partial charge is 0.497 e. The van der Waals surface area contributed by atoms with Crippen molar-refractivity contribution >= 4 is 27.9 Å². The van der Waals surface area contributed by atoms with Crippen LogP contribution in [0.5, 0.6) is 5.75 Å². The second kappa shape index (κ2) is 7.24. The van der Waals surface area contributed by atoms with Crippen LogP contribution >= 0.6 is 0 Å². The van der Waals surface area contributed by atoms with Crippen LogP contribution < -0.4 is 4.74 Å². The quantitative estimate of drug-likeness (QED) is 0.569. The molecule has 3 heterocycles. The van der Waals surface area contributed by atoms with E-state index in [-0.39, 0.29) is 18.4 Å². The van der Waals surface area contributed by atoms with E-state index in [1.807, 2.05) is 47.4 Å². The van der Waals surface area contributed by atoms with Gasteiger partial charge in [-0.3, -0.25) is 4.79 Å². The summed E-state index contributed by atoms with van der Waals surface area (Å²) in [7, 11) is 1.62. The molecule has 0 spiro atoms. The van der Waals surface area contributed by atoms with Crippen LogP contribution in [-0.2, 0) is 11.2 Å². The molecule has 2 aromatic heterocycles. The zero-order valence-corrected chi connectivity index (χ0v) is 16.2. The number of benzene rings is 2. The lowest BCUT2D eigenvalue weighted by Crippen LogP contribution is -2.39. The van der Waals surface area contributed by atoms with Crippen molar-refractivity contribution in [3.8, 4) is 5.75 Å². The topological polar surface area (TPSA) is 84.2 Å². The summed E-state index contributed by atoms with van der Waals surface area (Å²) in [6, 6.07) is 13.4. The second-order valence-electron chi connectivity index (χ2n) is 7.41. The lowest BCUT2D eigenvalue weighted by molar-refractivity contribution is -0.134. The van der Waals surface area contributed by atoms with Gasteiger partial charge in [0, 0.05) is 11.9 Å². The Balaban J connectivity index is 1.43. The first-order valence-electron chi connectivity index (χ1n) is 9.89. The number of H-pyrrole nitrogens is 1. The molecule has 29 heavy (non-hydrogen) atoms. The number of nitrogens with one attached hydrogen (secondary N) is 1. The third kappa shape index (κ3) is 3.22. The summed E-state index contributed by atoms with van der Waals surface area (Å²) in [5, 5.41) is 4.95. The van der Waals surface area contributed by atoms with E-state index < -0.39 is 0 Å². The molecule has 1 amide bonds. The molecule has 148 valence electrons. The monoisotopic (exact) mass is 390 g/mol. The van der Waals surface area contributed by atoms with Crippen molar-refractivity contribution in [1.82, 2.24) is 20.0 Å². The smallest absolute Gasteiger partial charge is 0.229 e. The third-order valence-corrected chi connectivity index (χ3v) is 5.62. The number of aromatic amines is 1. The van der Waals surface area contributed by atoms with Crippen LogP contribution in [0.2, 0.25) is 0 Å². The first-order chi connectivity index (χ1) is 14.2. The first-order valence-corrected chi connectivity index (χ1v) is 9.89. The molecule has 1 saturated heterocycles. The standard InChI is InChI=1S/C22H22N4O3/c1-28-14-9-10-20-15(12-14)18(25-29-20)13-21(27)26-11-5-4-8-19(26)22-23-16-6-2-3-7-17(16)24-22/h2-3,6-7,9-10,12,19H,4-5,8,11,13H2,1H3,(H,23,24). The number of carbonyl (C=O) groups excluding carboxylic acids is 1. The highest BCUT2D eigenvalue weighted by Crippen LogP contribution is 2.32. The number of likely N-dealkylation sites (tertiary alicyclic amines) is 1. The minimum atomic E-state index is -0.0450. The van der Waals surface area contributed by atoms with Crippen molar-refractivity contribution < 1.29 is 14.1 Å². The molecular weight excluding hydrogens is 368 g/mol. The van der Waals surface area contributed by atoms with E-state index in [0.717, 1.165) is 48.1 Å². The number of hydrogen-bond donors (Lipinski definition) is 1. The Labute approximate surface area is 167 Å². The summed E-state index contributed by atoms with van der Waals surface area (Å²) in [4.78, 5) is 23.3. The lowest BCUT2D eigenvalue weighted by atomic mass is 10.0. The Bertz CT molecular complexity index is 1150. The van der Waals surface area contributed by atoms with Crippen molar-refractivity contribution in [3.63, 3.8) is 0 Å². The van der Waals surface area contributed by atoms with Crippen LogP contribution in [-0.4, -0.2) is 39.6 Å². The SMILES string of the molecule is COc1ccc2onc(CC(=O)N3CCCCC3c3nc4ccccc4[nH]3)c2c1. The fourth-order valence-corrected chi connectivity index (χ4v) is 4.11. The van der Waals surface area contributed by atoms with Gasteiger partial charge in [-0.05, 0) is 49.6 Å². The molecule has 2 aromatic carbocycles. The summed E-state index contributed by atoms with van der Waals surface area (Å²) >= 11 is 0. The molecule has 4 aromatic rings. The van der Waals surface area contributed by atoms with Gasteiger partial charge in [-0.1, -0.05) is 17.3 Å². The van der Waals surface area contributed by atoms with E-state index in [4.69, 9.17) is 14.2 Å². The Morgan fingerprint density at radius 3 is 3.03 bits per heavy atom. The number of methoxy groups -OCH3 is 1. The average molecular weight is 390 g/mol. The van der Waals surface area contributed by atoms with Crippen LogP contribution in [0, 0.1) is 0 Å². The van der Waals surface area contributed by atoms with Crippen LogP contribution in [0.1, 0.15) is 36.8 Å². The molecule has 1 aliphatic heterocycles. The minimum Gasteiger partial charge on any atom is -0.497 e. The summed E-state index contributed by atoms with van der Waals surface area (Å²) in [5.41, 5.74) is 3.21. The zero-order chi connectivity index (χ0) is 19.8. The highest BCUT2D eigenvalue weighted by Gasteiger charge is 2.31. The Hall–Kier alpha value is -3.35. The van der Waals surface area contributed by atoms with Gasteiger partial charge >= 0.3 is 0 Å². The van der Waals surface area contributed by atoms with E-state index in [0.29, 0.717) is 17.0 Å². The highest BCUT2D eigenvalue weighted by atomic mass is 16.5. The maximum Gasteiger partial charge on any atom is 0.229 e. The predicted octanol–water partition coefficient (Wildman–Crippen LogP) is 4.01. The van der Waals surface area contributed by atoms with E-state index in [9.17, 15) is 4.79 Å². The number of rotatable bonds is 4. The molecule has 7 nitrogen and oxygen atoms in total. The van der Waals surface area contributed by atoms with Gasteiger partial charge in [-0.25, -0.2) is 4.98 Å². The average Bonchev–Trinajstić information content (AvgIpc) is 3.37.